The van der Waals surface area contributed by atoms with Crippen molar-refractivity contribution in [2.45, 2.75) is 57.5 Å². The zero-order valence-electron chi connectivity index (χ0n) is 23.2. The van der Waals surface area contributed by atoms with Crippen LogP contribution in [0.3, 0.4) is 0 Å². The van der Waals surface area contributed by atoms with E-state index in [4.69, 9.17) is 34.8 Å². The molecule has 41 heavy (non-hydrogen) atoms. The Balaban J connectivity index is 2.09. The van der Waals surface area contributed by atoms with Gasteiger partial charge in [0.05, 0.1) is 10.6 Å². The van der Waals surface area contributed by atoms with Crippen molar-refractivity contribution < 1.29 is 18.0 Å². The average molecular weight is 639 g/mol. The highest BCUT2D eigenvalue weighted by molar-refractivity contribution is 7.92. The molecule has 0 radical (unpaired) electrons. The average Bonchev–Trinajstić information content (AvgIpc) is 2.95. The zero-order chi connectivity index (χ0) is 30.2. The summed E-state index contributed by atoms with van der Waals surface area (Å²) in [6.45, 7) is 5.38. The molecule has 0 heterocycles. The third-order valence-corrected chi connectivity index (χ3v) is 9.46. The van der Waals surface area contributed by atoms with Crippen molar-refractivity contribution in [3.05, 3.63) is 92.9 Å². The molecule has 0 saturated carbocycles. The van der Waals surface area contributed by atoms with Gasteiger partial charge in [-0.05, 0) is 67.3 Å². The molecule has 0 aromatic heterocycles. The summed E-state index contributed by atoms with van der Waals surface area (Å²) in [7, 11) is -4.20. The highest BCUT2D eigenvalue weighted by Gasteiger charge is 2.34. The first-order valence-corrected chi connectivity index (χ1v) is 15.9. The first-order valence-electron chi connectivity index (χ1n) is 13.3. The lowest BCUT2D eigenvalue weighted by Gasteiger charge is -2.33. The Morgan fingerprint density at radius 1 is 0.927 bits per heavy atom. The molecule has 7 nitrogen and oxygen atoms in total. The fourth-order valence-corrected chi connectivity index (χ4v) is 6.49. The maximum atomic E-state index is 14.2. The predicted octanol–water partition coefficient (Wildman–Crippen LogP) is 6.87. The Labute approximate surface area is 257 Å². The van der Waals surface area contributed by atoms with Crippen LogP contribution < -0.4 is 9.62 Å². The van der Waals surface area contributed by atoms with Crippen LogP contribution in [0.5, 0.6) is 0 Å². The third kappa shape index (κ3) is 8.16. The Hall–Kier alpha value is -2.78. The van der Waals surface area contributed by atoms with Gasteiger partial charge in [-0.3, -0.25) is 13.9 Å². The highest BCUT2D eigenvalue weighted by Crippen LogP contribution is 2.31. The van der Waals surface area contributed by atoms with Crippen molar-refractivity contribution >= 4 is 62.3 Å². The van der Waals surface area contributed by atoms with Crippen molar-refractivity contribution in [3.63, 3.8) is 0 Å². The van der Waals surface area contributed by atoms with E-state index in [2.05, 4.69) is 5.32 Å². The molecule has 3 rings (SSSR count). The van der Waals surface area contributed by atoms with Crippen LogP contribution in [-0.4, -0.2) is 44.3 Å². The Morgan fingerprint density at radius 3 is 2.27 bits per heavy atom. The van der Waals surface area contributed by atoms with E-state index in [9.17, 15) is 18.0 Å². The SMILES string of the molecule is CCCCNC(=O)[C@H](CC)N(Cc1ccc(Cl)cc1Cl)C(=O)CN(c1cccc(Cl)c1C)S(=O)(=O)c1ccccc1. The molecule has 1 N–H and O–H groups in total. The highest BCUT2D eigenvalue weighted by atomic mass is 35.5. The normalized spacial score (nSPS) is 12.0. The summed E-state index contributed by atoms with van der Waals surface area (Å²) < 4.78 is 28.9. The molecule has 11 heteroatoms. The summed E-state index contributed by atoms with van der Waals surface area (Å²) in [4.78, 5) is 28.8. The largest absolute Gasteiger partial charge is 0.354 e. The third-order valence-electron chi connectivity index (χ3n) is 6.69. The molecule has 0 fully saturated rings. The second kappa shape index (κ2) is 14.9. The van der Waals surface area contributed by atoms with E-state index in [-0.39, 0.29) is 23.0 Å². The summed E-state index contributed by atoms with van der Waals surface area (Å²) in [6.07, 6.45) is 1.98. The van der Waals surface area contributed by atoms with Crippen LogP contribution in [0, 0.1) is 6.92 Å². The van der Waals surface area contributed by atoms with Gasteiger partial charge in [-0.15, -0.1) is 0 Å². The number of unbranched alkanes of at least 4 members (excludes halogenated alkanes) is 1. The smallest absolute Gasteiger partial charge is 0.264 e. The maximum absolute atomic E-state index is 14.2. The van der Waals surface area contributed by atoms with Gasteiger partial charge in [-0.2, -0.15) is 0 Å². The van der Waals surface area contributed by atoms with Gasteiger partial charge in [0.1, 0.15) is 12.6 Å². The van der Waals surface area contributed by atoms with Crippen molar-refractivity contribution in [1.82, 2.24) is 10.2 Å². The number of nitrogens with one attached hydrogen (secondary N) is 1. The Morgan fingerprint density at radius 2 is 1.63 bits per heavy atom. The standard InChI is InChI=1S/C30H34Cl3N3O4S/c1-4-6-17-34-30(38)27(5-2)35(19-22-15-16-23(31)18-26(22)33)29(37)20-36(28-14-10-13-25(32)21(28)3)41(39,40)24-11-8-7-9-12-24/h7-16,18,27H,4-6,17,19-20H2,1-3H3,(H,34,38)/t27-/m0/s1. The molecule has 3 aromatic carbocycles. The van der Waals surface area contributed by atoms with Gasteiger partial charge in [0.2, 0.25) is 11.8 Å². The van der Waals surface area contributed by atoms with Crippen LogP contribution in [0.1, 0.15) is 44.2 Å². The van der Waals surface area contributed by atoms with Crippen LogP contribution >= 0.6 is 34.8 Å². The summed E-state index contributed by atoms with van der Waals surface area (Å²) in [6, 6.07) is 16.8. The van der Waals surface area contributed by atoms with Crippen molar-refractivity contribution in [2.24, 2.45) is 0 Å². The number of sulfonamides is 1. The molecule has 0 spiro atoms. The molecule has 220 valence electrons. The number of hydrogen-bond donors (Lipinski definition) is 1. The fourth-order valence-electron chi connectivity index (χ4n) is 4.36. The lowest BCUT2D eigenvalue weighted by atomic mass is 10.1. The number of hydrogen-bond acceptors (Lipinski definition) is 4. The minimum atomic E-state index is -4.20. The Bertz CT molecular complexity index is 1470. The molecule has 2 amide bonds. The van der Waals surface area contributed by atoms with E-state index < -0.39 is 28.5 Å². The molecule has 1 atom stereocenters. The lowest BCUT2D eigenvalue weighted by molar-refractivity contribution is -0.140. The first-order chi connectivity index (χ1) is 19.5. The van der Waals surface area contributed by atoms with Crippen LogP contribution in [0.2, 0.25) is 15.1 Å². The van der Waals surface area contributed by atoms with Gasteiger partial charge in [0.25, 0.3) is 10.0 Å². The summed E-state index contributed by atoms with van der Waals surface area (Å²) >= 11 is 18.9. The molecule has 3 aromatic rings. The number of carbonyl (C=O) groups is 2. The van der Waals surface area contributed by atoms with Crippen molar-refractivity contribution in [2.75, 3.05) is 17.4 Å². The number of halogens is 3. The molecular weight excluding hydrogens is 605 g/mol. The summed E-state index contributed by atoms with van der Waals surface area (Å²) in [5, 5.41) is 4.02. The minimum Gasteiger partial charge on any atom is -0.354 e. The monoisotopic (exact) mass is 637 g/mol. The number of amides is 2. The van der Waals surface area contributed by atoms with Crippen molar-refractivity contribution in [3.8, 4) is 0 Å². The van der Waals surface area contributed by atoms with E-state index in [1.807, 2.05) is 6.92 Å². The fraction of sp³-hybridized carbons (Fsp3) is 0.333. The van der Waals surface area contributed by atoms with Crippen LogP contribution in [0.25, 0.3) is 0 Å². The van der Waals surface area contributed by atoms with E-state index >= 15 is 0 Å². The topological polar surface area (TPSA) is 86.8 Å². The number of carbonyl (C=O) groups excluding carboxylic acids is 2. The number of benzene rings is 3. The first kappa shape index (κ1) is 32.7. The zero-order valence-corrected chi connectivity index (χ0v) is 26.3. The Kier molecular flexibility index (Phi) is 11.9. The second-order valence-electron chi connectivity index (χ2n) is 9.53. The van der Waals surface area contributed by atoms with Crippen LogP contribution in [-0.2, 0) is 26.2 Å². The van der Waals surface area contributed by atoms with Gasteiger partial charge in [-0.1, -0.05) is 85.4 Å². The molecular formula is C30H34Cl3N3O4S. The van der Waals surface area contributed by atoms with Gasteiger partial charge < -0.3 is 10.2 Å². The number of rotatable bonds is 13. The van der Waals surface area contributed by atoms with Gasteiger partial charge >= 0.3 is 0 Å². The van der Waals surface area contributed by atoms with Gasteiger partial charge in [-0.25, -0.2) is 8.42 Å². The molecule has 0 aliphatic heterocycles. The molecule has 0 unspecified atom stereocenters. The molecule has 0 aliphatic carbocycles. The minimum absolute atomic E-state index is 0.0174. The quantitative estimate of drug-likeness (QED) is 0.207. The maximum Gasteiger partial charge on any atom is 0.264 e. The van der Waals surface area contributed by atoms with E-state index in [0.717, 1.165) is 17.1 Å². The lowest BCUT2D eigenvalue weighted by Crippen LogP contribution is -2.52. The predicted molar refractivity (Wildman–Crippen MR) is 166 cm³/mol. The second-order valence-corrected chi connectivity index (χ2v) is 12.6. The number of anilines is 1. The van der Waals surface area contributed by atoms with E-state index in [0.29, 0.717) is 39.2 Å². The van der Waals surface area contributed by atoms with Crippen LogP contribution in [0.15, 0.2) is 71.6 Å². The van der Waals surface area contributed by atoms with Gasteiger partial charge in [0, 0.05) is 28.2 Å². The molecule has 0 saturated heterocycles. The van der Waals surface area contributed by atoms with E-state index in [1.54, 1.807) is 68.4 Å². The summed E-state index contributed by atoms with van der Waals surface area (Å²) in [5.41, 5.74) is 1.33. The summed E-state index contributed by atoms with van der Waals surface area (Å²) in [5.74, 6) is -0.900. The van der Waals surface area contributed by atoms with Crippen molar-refractivity contribution in [1.29, 1.82) is 0 Å². The van der Waals surface area contributed by atoms with E-state index in [1.165, 1.54) is 17.0 Å². The van der Waals surface area contributed by atoms with Gasteiger partial charge in [0.15, 0.2) is 0 Å². The molecule has 0 bridgehead atoms. The number of nitrogens with zero attached hydrogens (tertiary/aromatic N) is 2. The van der Waals surface area contributed by atoms with Crippen LogP contribution in [0.4, 0.5) is 5.69 Å². The molecule has 0 aliphatic rings.